The summed E-state index contributed by atoms with van der Waals surface area (Å²) in [6, 6.07) is 33.1. The zero-order valence-corrected chi connectivity index (χ0v) is 39.3. The number of carboxylic acids is 1. The van der Waals surface area contributed by atoms with Gasteiger partial charge in [-0.15, -0.1) is 23.1 Å². The Morgan fingerprint density at radius 2 is 1.42 bits per heavy atom. The second-order valence-electron chi connectivity index (χ2n) is 18.2. The predicted octanol–water partition coefficient (Wildman–Crippen LogP) is 6.81. The Balaban J connectivity index is 1.19. The van der Waals surface area contributed by atoms with Crippen LogP contribution in [0.25, 0.3) is 0 Å². The van der Waals surface area contributed by atoms with Crippen molar-refractivity contribution in [3.63, 3.8) is 0 Å². The van der Waals surface area contributed by atoms with Crippen molar-refractivity contribution in [3.05, 3.63) is 154 Å². The van der Waals surface area contributed by atoms with Crippen molar-refractivity contribution in [1.82, 2.24) is 15.2 Å². The Kier molecular flexibility index (Phi) is 13.4. The number of amides is 2. The molecule has 0 spiro atoms. The number of likely N-dealkylation sites (N-methyl/N-ethyl adjacent to an activating group) is 1. The molecule has 4 aromatic carbocycles. The minimum absolute atomic E-state index is 0.0818. The highest BCUT2D eigenvalue weighted by Crippen LogP contribution is 2.43. The summed E-state index contributed by atoms with van der Waals surface area (Å²) in [5.41, 5.74) is 0.146. The number of thioether (sulfide) groups is 1. The van der Waals surface area contributed by atoms with E-state index in [9.17, 15) is 34.5 Å². The number of oxime groups is 1. The molecule has 3 heterocycles. The van der Waals surface area contributed by atoms with Crippen LogP contribution in [0.15, 0.2) is 131 Å². The number of β-lactam (4-membered cyclic amide) rings is 1. The van der Waals surface area contributed by atoms with Gasteiger partial charge < -0.3 is 40.0 Å². The van der Waals surface area contributed by atoms with Crippen LogP contribution >= 0.6 is 23.1 Å². The number of carboxylic acid groups (broad SMARTS) is 1. The first-order valence-electron chi connectivity index (χ1n) is 21.1. The van der Waals surface area contributed by atoms with Crippen LogP contribution in [-0.4, -0.2) is 108 Å². The molecule has 5 N–H and O–H groups in total. The van der Waals surface area contributed by atoms with Crippen molar-refractivity contribution in [2.24, 2.45) is 5.16 Å². The molecule has 2 aliphatic rings. The summed E-state index contributed by atoms with van der Waals surface area (Å²) in [6.07, 6.45) is 0. The molecule has 2 amide bonds. The lowest BCUT2D eigenvalue weighted by molar-refractivity contribution is -0.899. The van der Waals surface area contributed by atoms with Crippen LogP contribution in [0.2, 0.25) is 0 Å². The third kappa shape index (κ3) is 10.1. The summed E-state index contributed by atoms with van der Waals surface area (Å²) in [5.74, 6) is -3.73. The van der Waals surface area contributed by atoms with Crippen molar-refractivity contribution >= 4 is 57.7 Å². The molecule has 0 saturated carbocycles. The van der Waals surface area contributed by atoms with E-state index in [0.717, 1.165) is 22.3 Å². The summed E-state index contributed by atoms with van der Waals surface area (Å²) in [6.45, 7) is 8.71. The number of anilines is 1. The molecular weight excluding hydrogens is 881 g/mol. The molecule has 2 unspecified atom stereocenters. The Labute approximate surface area is 391 Å². The van der Waals surface area contributed by atoms with Gasteiger partial charge in [0.15, 0.2) is 22.3 Å². The Morgan fingerprint density at radius 3 is 1.95 bits per heavy atom. The Morgan fingerprint density at radius 1 is 0.848 bits per heavy atom. The van der Waals surface area contributed by atoms with Crippen LogP contribution in [-0.2, 0) is 40.8 Å². The molecule has 15 nitrogen and oxygen atoms in total. The van der Waals surface area contributed by atoms with E-state index in [1.54, 1.807) is 32.2 Å². The smallest absolute Gasteiger partial charge is 0.353 e. The maximum absolute atomic E-state index is 14.5. The highest BCUT2D eigenvalue weighted by molar-refractivity contribution is 8.00. The van der Waals surface area contributed by atoms with Crippen molar-refractivity contribution < 1.29 is 48.6 Å². The van der Waals surface area contributed by atoms with Crippen LogP contribution in [0.5, 0.6) is 11.5 Å². The number of hydrogen-bond acceptors (Lipinski definition) is 13. The zero-order valence-electron chi connectivity index (χ0n) is 37.6. The number of hydrogen-bond donors (Lipinski definition) is 5. The second kappa shape index (κ2) is 18.7. The topological polar surface area (TPSA) is 200 Å². The molecule has 0 radical (unpaired) electrons. The lowest BCUT2D eigenvalue weighted by Crippen LogP contribution is -2.71. The maximum Gasteiger partial charge on any atom is 0.353 e. The van der Waals surface area contributed by atoms with Gasteiger partial charge in [0, 0.05) is 22.3 Å². The number of benzene rings is 4. The number of ether oxygens (including phenoxy) is 1. The molecule has 0 aliphatic carbocycles. The monoisotopic (exact) mass is 933 g/mol. The number of aromatic hydroxyl groups is 2. The third-order valence-electron chi connectivity index (χ3n) is 10.9. The van der Waals surface area contributed by atoms with Gasteiger partial charge in [-0.3, -0.25) is 14.5 Å². The molecule has 2 atom stereocenters. The largest absolute Gasteiger partial charge is 0.504 e. The number of quaternary nitrogens is 1. The number of carbonyl (C=O) groups is 4. The van der Waals surface area contributed by atoms with Crippen LogP contribution in [0.3, 0.4) is 0 Å². The molecule has 1 fully saturated rings. The van der Waals surface area contributed by atoms with Crippen molar-refractivity contribution in [1.29, 1.82) is 0 Å². The molecule has 17 heteroatoms. The highest BCUT2D eigenvalue weighted by atomic mass is 32.2. The van der Waals surface area contributed by atoms with E-state index in [1.165, 1.54) is 54.0 Å². The van der Waals surface area contributed by atoms with Crippen LogP contribution in [0, 0.1) is 0 Å². The van der Waals surface area contributed by atoms with E-state index < -0.39 is 51.9 Å². The summed E-state index contributed by atoms with van der Waals surface area (Å²) in [7, 11) is 3.79. The maximum atomic E-state index is 14.5. The number of nitrogens with one attached hydrogen (secondary N) is 2. The number of fused-ring (bicyclic) bond motifs is 1. The number of aromatic nitrogens is 1. The van der Waals surface area contributed by atoms with Gasteiger partial charge in [0.25, 0.3) is 11.8 Å². The standard InChI is InChI=1S/C49H52N6O9S2/c1-47(2,3)63-45(62)48(4,5)64-53-38(35-29-66-46(50-35)52-49(32-17-11-8-12-18-32,33-19-13-9-14-20-33)34-21-15-10-16-22-34)41(58)51-39-42(59)54-40(44(60)61)31(28-65-43(39)54)27-55(6,7)26-30-23-24-36(56)37(57)25-30/h8-25,29,39,43H,26-28H2,1-7H3,(H4-,50,51,52,53,56,57,58,60,61)/p+1. The average molecular weight is 934 g/mol. The molecule has 66 heavy (non-hydrogen) atoms. The number of phenolic OH excluding ortho intramolecular Hbond substituents is 2. The lowest BCUT2D eigenvalue weighted by Gasteiger charge is -2.49. The van der Waals surface area contributed by atoms with Gasteiger partial charge in [-0.05, 0) is 69.5 Å². The van der Waals surface area contributed by atoms with Gasteiger partial charge in [-0.1, -0.05) is 96.2 Å². The number of rotatable bonds is 16. The first kappa shape index (κ1) is 47.3. The fourth-order valence-electron chi connectivity index (χ4n) is 7.93. The quantitative estimate of drug-likeness (QED) is 0.0132. The molecule has 5 aromatic rings. The van der Waals surface area contributed by atoms with E-state index in [1.807, 2.05) is 105 Å². The van der Waals surface area contributed by atoms with Crippen LogP contribution in [0.4, 0.5) is 5.13 Å². The van der Waals surface area contributed by atoms with Crippen molar-refractivity contribution in [2.45, 2.75) is 69.3 Å². The van der Waals surface area contributed by atoms with E-state index in [0.29, 0.717) is 17.2 Å². The molecule has 2 aliphatic heterocycles. The number of nitrogens with zero attached hydrogens (tertiary/aromatic N) is 4. The molecular formula is C49H53N6O9S2+. The van der Waals surface area contributed by atoms with Crippen molar-refractivity contribution in [2.75, 3.05) is 31.7 Å². The number of carbonyl (C=O) groups excluding carboxylic acids is 3. The Hall–Kier alpha value is -6.69. The first-order valence-corrected chi connectivity index (χ1v) is 23.1. The lowest BCUT2D eigenvalue weighted by atomic mass is 9.77. The predicted molar refractivity (Wildman–Crippen MR) is 253 cm³/mol. The van der Waals surface area contributed by atoms with E-state index in [4.69, 9.17) is 14.6 Å². The molecule has 0 bridgehead atoms. The van der Waals surface area contributed by atoms with Gasteiger partial charge in [0.1, 0.15) is 47.0 Å². The van der Waals surface area contributed by atoms with Gasteiger partial charge >= 0.3 is 11.9 Å². The summed E-state index contributed by atoms with van der Waals surface area (Å²) in [5, 5.41) is 42.3. The SMILES string of the molecule is CC(C)(C)OC(=O)C(C)(C)O/N=C(\C(=O)NC1C(=O)N2C(C(=O)O)=C(C[N+](C)(C)Cc3ccc(O)c(O)c3)CSC12)c1csc(NC(c2ccccc2)(c2ccccc2)c2ccccc2)n1. The fourth-order valence-corrected chi connectivity index (χ4v) is 10.0. The van der Waals surface area contributed by atoms with E-state index >= 15 is 0 Å². The zero-order chi connectivity index (χ0) is 47.6. The van der Waals surface area contributed by atoms with E-state index in [-0.39, 0.29) is 45.4 Å². The molecule has 1 aromatic heterocycles. The summed E-state index contributed by atoms with van der Waals surface area (Å²) >= 11 is 2.53. The fraction of sp³-hybridized carbons (Fsp3) is 0.306. The van der Waals surface area contributed by atoms with E-state index in [2.05, 4.69) is 15.8 Å². The summed E-state index contributed by atoms with van der Waals surface area (Å²) in [4.78, 5) is 66.4. The third-order valence-corrected chi connectivity index (χ3v) is 13.0. The van der Waals surface area contributed by atoms with Gasteiger partial charge in [0.2, 0.25) is 5.60 Å². The van der Waals surface area contributed by atoms with Crippen molar-refractivity contribution in [3.8, 4) is 11.5 Å². The molecule has 344 valence electrons. The van der Waals surface area contributed by atoms with Gasteiger partial charge in [0.05, 0.1) is 14.1 Å². The second-order valence-corrected chi connectivity index (χ2v) is 20.2. The van der Waals surface area contributed by atoms with Gasteiger partial charge in [-0.2, -0.15) is 0 Å². The van der Waals surface area contributed by atoms with Crippen LogP contribution < -0.4 is 10.6 Å². The number of esters is 1. The normalized spacial score (nSPS) is 16.8. The molecule has 7 rings (SSSR count). The average Bonchev–Trinajstić information content (AvgIpc) is 3.73. The molecule has 1 saturated heterocycles. The first-order chi connectivity index (χ1) is 31.2. The Bertz CT molecular complexity index is 2580. The van der Waals surface area contributed by atoms with Gasteiger partial charge in [-0.25, -0.2) is 14.6 Å². The minimum atomic E-state index is -1.66. The summed E-state index contributed by atoms with van der Waals surface area (Å²) < 4.78 is 5.85. The number of phenols is 2. The number of aliphatic carboxylic acids is 1. The highest BCUT2D eigenvalue weighted by Gasteiger charge is 2.55. The minimum Gasteiger partial charge on any atom is -0.504 e. The number of thiazole rings is 1. The van der Waals surface area contributed by atoms with Crippen LogP contribution in [0.1, 0.15) is 62.6 Å².